The second kappa shape index (κ2) is 9.69. The average Bonchev–Trinajstić information content (AvgIpc) is 3.49. The van der Waals surface area contributed by atoms with Crippen LogP contribution in [0, 0.1) is 6.92 Å². The Balaban J connectivity index is 1.46. The van der Waals surface area contributed by atoms with Crippen LogP contribution < -0.4 is 10.0 Å². The Bertz CT molecular complexity index is 1240. The molecule has 0 saturated heterocycles. The van der Waals surface area contributed by atoms with Crippen LogP contribution >= 0.6 is 11.3 Å². The van der Waals surface area contributed by atoms with Gasteiger partial charge in [0.25, 0.3) is 0 Å². The van der Waals surface area contributed by atoms with Crippen LogP contribution in [0.1, 0.15) is 39.2 Å². The van der Waals surface area contributed by atoms with Gasteiger partial charge in [-0.3, -0.25) is 8.98 Å². The fourth-order valence-electron chi connectivity index (χ4n) is 3.79. The van der Waals surface area contributed by atoms with Gasteiger partial charge in [-0.15, -0.1) is 11.3 Å². The van der Waals surface area contributed by atoms with Gasteiger partial charge in [-0.2, -0.15) is 13.1 Å². The normalized spacial score (nSPS) is 20.8. The van der Waals surface area contributed by atoms with Crippen molar-refractivity contribution in [1.29, 1.82) is 0 Å². The first-order chi connectivity index (χ1) is 15.7. The highest BCUT2D eigenvalue weighted by Gasteiger charge is 2.37. The summed E-state index contributed by atoms with van der Waals surface area (Å²) < 4.78 is 32.4. The first-order valence-electron chi connectivity index (χ1n) is 10.3. The molecule has 176 valence electrons. The van der Waals surface area contributed by atoms with E-state index in [1.807, 2.05) is 36.8 Å². The third-order valence-electron chi connectivity index (χ3n) is 5.41. The molecule has 0 unspecified atom stereocenters. The molecule has 10 nitrogen and oxygen atoms in total. The van der Waals surface area contributed by atoms with Crippen molar-refractivity contribution in [2.75, 3.05) is 12.4 Å². The number of anilines is 1. The molecule has 0 radical (unpaired) electrons. The van der Waals surface area contributed by atoms with E-state index in [-0.39, 0.29) is 24.7 Å². The summed E-state index contributed by atoms with van der Waals surface area (Å²) in [5.74, 6) is 0.127. The van der Waals surface area contributed by atoms with E-state index in [4.69, 9.17) is 4.18 Å². The lowest BCUT2D eigenvalue weighted by Crippen LogP contribution is -2.31. The number of carbonyl (C=O) groups excluding carboxylic acids is 1. The molecule has 33 heavy (non-hydrogen) atoms. The summed E-state index contributed by atoms with van der Waals surface area (Å²) in [5, 5.41) is 15.3. The van der Waals surface area contributed by atoms with Gasteiger partial charge < -0.3 is 15.0 Å². The van der Waals surface area contributed by atoms with Crippen molar-refractivity contribution in [1.82, 2.24) is 19.3 Å². The number of rotatable bonds is 9. The molecule has 3 aromatic heterocycles. The number of hydrogen-bond donors (Lipinski definition) is 3. The van der Waals surface area contributed by atoms with Crippen molar-refractivity contribution in [3.8, 4) is 0 Å². The maximum absolute atomic E-state index is 13.2. The number of hydrogen-bond acceptors (Lipinski definition) is 9. The first-order valence-corrected chi connectivity index (χ1v) is 12.6. The van der Waals surface area contributed by atoms with Gasteiger partial charge in [-0.05, 0) is 48.4 Å². The van der Waals surface area contributed by atoms with Crippen LogP contribution in [-0.4, -0.2) is 59.1 Å². The summed E-state index contributed by atoms with van der Waals surface area (Å²) in [6, 6.07) is 3.57. The molecule has 1 saturated carbocycles. The highest BCUT2D eigenvalue weighted by Crippen LogP contribution is 2.28. The zero-order chi connectivity index (χ0) is 23.6. The summed E-state index contributed by atoms with van der Waals surface area (Å²) in [5.41, 5.74) is 2.51. The molecular formula is C21H25N5O5S2. The van der Waals surface area contributed by atoms with Gasteiger partial charge >= 0.3 is 10.3 Å². The van der Waals surface area contributed by atoms with Crippen molar-refractivity contribution in [2.24, 2.45) is 0 Å². The van der Waals surface area contributed by atoms with Gasteiger partial charge in [0.15, 0.2) is 0 Å². The number of nitrogens with one attached hydrogen (secondary N) is 2. The molecule has 0 amide bonds. The van der Waals surface area contributed by atoms with E-state index < -0.39 is 22.5 Å². The predicted molar refractivity (Wildman–Crippen MR) is 124 cm³/mol. The SMILES string of the molecule is CNS(=O)(=O)O[C@@H]1C[C@H](Nc2ncncc2C(=O)c2cc(Cn3ccc(C)c3)cs2)C[C@@H]1O. The quantitative estimate of drug-likeness (QED) is 0.385. The van der Waals surface area contributed by atoms with Crippen LogP contribution in [0.15, 0.2) is 42.4 Å². The summed E-state index contributed by atoms with van der Waals surface area (Å²) >= 11 is 1.36. The Morgan fingerprint density at radius 3 is 2.94 bits per heavy atom. The number of thiophene rings is 1. The molecule has 0 bridgehead atoms. The standard InChI is InChI=1S/C21H25N5O5S2/c1-13-3-4-26(9-13)10-14-5-19(32-11-14)20(28)16-8-23-12-24-21(16)25-15-6-17(27)18(7-15)31-33(29,30)22-2/h3-5,8-9,11-12,15,17-18,22,27H,6-7,10H2,1-2H3,(H,23,24,25)/t15-,17+,18-/m1/s1. The lowest BCUT2D eigenvalue weighted by Gasteiger charge is -2.15. The van der Waals surface area contributed by atoms with E-state index in [1.165, 1.54) is 36.5 Å². The fraction of sp³-hybridized carbons (Fsp3) is 0.381. The van der Waals surface area contributed by atoms with E-state index in [1.54, 1.807) is 0 Å². The number of aryl methyl sites for hydroxylation is 1. The van der Waals surface area contributed by atoms with Gasteiger partial charge in [0, 0.05) is 38.2 Å². The summed E-state index contributed by atoms with van der Waals surface area (Å²) in [7, 11) is -2.69. The molecular weight excluding hydrogens is 466 g/mol. The fourth-order valence-corrected chi connectivity index (χ4v) is 5.28. The van der Waals surface area contributed by atoms with Crippen LogP contribution in [0.2, 0.25) is 0 Å². The highest BCUT2D eigenvalue weighted by molar-refractivity contribution is 7.84. The van der Waals surface area contributed by atoms with Crippen molar-refractivity contribution in [3.05, 3.63) is 64.0 Å². The Morgan fingerprint density at radius 2 is 2.21 bits per heavy atom. The average molecular weight is 492 g/mol. The molecule has 1 aliphatic carbocycles. The minimum atomic E-state index is -3.93. The van der Waals surface area contributed by atoms with Crippen LogP contribution in [0.25, 0.3) is 0 Å². The molecule has 3 N–H and O–H groups in total. The largest absolute Gasteiger partial charge is 0.390 e. The molecule has 1 fully saturated rings. The molecule has 3 heterocycles. The van der Waals surface area contributed by atoms with Gasteiger partial charge in [0.2, 0.25) is 5.78 Å². The van der Waals surface area contributed by atoms with Crippen molar-refractivity contribution >= 4 is 33.2 Å². The highest BCUT2D eigenvalue weighted by atomic mass is 32.2. The first kappa shape index (κ1) is 23.5. The Kier molecular flexibility index (Phi) is 6.91. The zero-order valence-electron chi connectivity index (χ0n) is 18.1. The van der Waals surface area contributed by atoms with Gasteiger partial charge in [0.05, 0.1) is 16.5 Å². The van der Waals surface area contributed by atoms with E-state index in [0.29, 0.717) is 22.8 Å². The summed E-state index contributed by atoms with van der Waals surface area (Å²) in [4.78, 5) is 22.0. The third-order valence-corrected chi connectivity index (χ3v) is 7.39. The summed E-state index contributed by atoms with van der Waals surface area (Å²) in [6.45, 7) is 2.70. The Labute approximate surface area is 195 Å². The zero-order valence-corrected chi connectivity index (χ0v) is 19.8. The van der Waals surface area contributed by atoms with E-state index >= 15 is 0 Å². The van der Waals surface area contributed by atoms with Crippen molar-refractivity contribution in [3.63, 3.8) is 0 Å². The van der Waals surface area contributed by atoms with Gasteiger partial charge in [0.1, 0.15) is 18.2 Å². The van der Waals surface area contributed by atoms with Gasteiger partial charge in [-0.1, -0.05) is 0 Å². The van der Waals surface area contributed by atoms with Gasteiger partial charge in [-0.25, -0.2) is 9.97 Å². The maximum atomic E-state index is 13.2. The monoisotopic (exact) mass is 491 g/mol. The van der Waals surface area contributed by atoms with Crippen LogP contribution in [-0.2, 0) is 21.0 Å². The lowest BCUT2D eigenvalue weighted by atomic mass is 10.1. The number of nitrogens with zero attached hydrogens (tertiary/aromatic N) is 3. The predicted octanol–water partition coefficient (Wildman–Crippen LogP) is 1.71. The number of carbonyl (C=O) groups is 1. The minimum Gasteiger partial charge on any atom is -0.390 e. The van der Waals surface area contributed by atoms with E-state index in [9.17, 15) is 18.3 Å². The molecule has 4 rings (SSSR count). The Morgan fingerprint density at radius 1 is 1.39 bits per heavy atom. The van der Waals surface area contributed by atoms with Crippen molar-refractivity contribution < 1.29 is 22.5 Å². The number of aromatic nitrogens is 3. The van der Waals surface area contributed by atoms with E-state index in [2.05, 4.69) is 24.6 Å². The van der Waals surface area contributed by atoms with Crippen LogP contribution in [0.5, 0.6) is 0 Å². The second-order valence-electron chi connectivity index (χ2n) is 7.97. The summed E-state index contributed by atoms with van der Waals surface area (Å²) in [6.07, 6.45) is 5.45. The molecule has 3 aromatic rings. The molecule has 0 aromatic carbocycles. The third kappa shape index (κ3) is 5.65. The molecule has 0 aliphatic heterocycles. The molecule has 0 spiro atoms. The van der Waals surface area contributed by atoms with Crippen LogP contribution in [0.3, 0.4) is 0 Å². The number of aliphatic hydroxyl groups excluding tert-OH is 1. The second-order valence-corrected chi connectivity index (χ2v) is 10.4. The molecule has 1 aliphatic rings. The molecule has 3 atom stereocenters. The van der Waals surface area contributed by atoms with Crippen molar-refractivity contribution in [2.45, 2.75) is 44.6 Å². The smallest absolute Gasteiger partial charge is 0.335 e. The number of ketones is 1. The minimum absolute atomic E-state index is 0.206. The van der Waals surface area contributed by atoms with E-state index in [0.717, 1.165) is 5.56 Å². The lowest BCUT2D eigenvalue weighted by molar-refractivity contribution is 0.0636. The Hall–Kier alpha value is -2.64. The maximum Gasteiger partial charge on any atom is 0.335 e. The topological polar surface area (TPSA) is 135 Å². The molecule has 12 heteroatoms. The van der Waals surface area contributed by atoms with Crippen LogP contribution in [0.4, 0.5) is 5.82 Å². The number of aliphatic hydroxyl groups is 1.